The lowest BCUT2D eigenvalue weighted by molar-refractivity contribution is 0.415. The van der Waals surface area contributed by atoms with Crippen LogP contribution in [0.4, 0.5) is 0 Å². The zero-order valence-electron chi connectivity index (χ0n) is 14.2. The molecule has 0 spiro atoms. The van der Waals surface area contributed by atoms with Crippen molar-refractivity contribution in [1.82, 2.24) is 19.3 Å². The lowest BCUT2D eigenvalue weighted by atomic mass is 10.0. The largest absolute Gasteiger partial charge is 0.496 e. The highest BCUT2D eigenvalue weighted by Crippen LogP contribution is 2.35. The summed E-state index contributed by atoms with van der Waals surface area (Å²) in [6, 6.07) is 4.46. The van der Waals surface area contributed by atoms with Crippen LogP contribution in [0.15, 0.2) is 36.9 Å². The third-order valence-electron chi connectivity index (χ3n) is 4.77. The van der Waals surface area contributed by atoms with Crippen molar-refractivity contribution in [3.05, 3.63) is 53.6 Å². The molecule has 0 saturated carbocycles. The molecule has 3 aromatic rings. The Kier molecular flexibility index (Phi) is 3.84. The van der Waals surface area contributed by atoms with Crippen molar-refractivity contribution in [1.29, 1.82) is 0 Å². The van der Waals surface area contributed by atoms with Crippen molar-refractivity contribution >= 4 is 0 Å². The monoisotopic (exact) mass is 322 g/mol. The molecule has 4 rings (SSSR count). The van der Waals surface area contributed by atoms with Gasteiger partial charge in [-0.3, -0.25) is 4.68 Å². The second-order valence-corrected chi connectivity index (χ2v) is 6.39. The zero-order valence-corrected chi connectivity index (χ0v) is 14.2. The van der Waals surface area contributed by atoms with E-state index in [-0.39, 0.29) is 0 Å². The molecule has 2 heterocycles. The summed E-state index contributed by atoms with van der Waals surface area (Å²) in [4.78, 5) is 4.60. The highest BCUT2D eigenvalue weighted by atomic mass is 16.5. The number of nitrogens with zero attached hydrogens (tertiary/aromatic N) is 4. The maximum absolute atomic E-state index is 5.65. The highest BCUT2D eigenvalue weighted by molar-refractivity contribution is 5.67. The van der Waals surface area contributed by atoms with Crippen LogP contribution >= 0.6 is 0 Å². The third kappa shape index (κ3) is 2.70. The maximum atomic E-state index is 5.65. The SMILES string of the molecule is COc1cc2c(cc1-c1nccn1CCc1cnn(C)c1)CCC2. The van der Waals surface area contributed by atoms with Crippen molar-refractivity contribution in [3.63, 3.8) is 0 Å². The molecule has 0 bridgehead atoms. The Labute approximate surface area is 141 Å². The van der Waals surface area contributed by atoms with E-state index < -0.39 is 0 Å². The van der Waals surface area contributed by atoms with Gasteiger partial charge in [-0.15, -0.1) is 0 Å². The average molecular weight is 322 g/mol. The molecule has 0 N–H and O–H groups in total. The Morgan fingerprint density at radius 1 is 1.21 bits per heavy atom. The van der Waals surface area contributed by atoms with Crippen molar-refractivity contribution in [2.45, 2.75) is 32.2 Å². The number of rotatable bonds is 5. The zero-order chi connectivity index (χ0) is 16.5. The number of ether oxygens (including phenoxy) is 1. The maximum Gasteiger partial charge on any atom is 0.143 e. The molecule has 1 aromatic carbocycles. The van der Waals surface area contributed by atoms with E-state index in [2.05, 4.69) is 33.0 Å². The van der Waals surface area contributed by atoms with Crippen LogP contribution in [-0.2, 0) is 32.9 Å². The standard InChI is InChI=1S/C19H22N4O/c1-22-13-14(12-21-22)6-8-23-9-7-20-19(23)17-10-15-4-3-5-16(15)11-18(17)24-2/h7,9-13H,3-6,8H2,1-2H3. The van der Waals surface area contributed by atoms with E-state index in [1.165, 1.54) is 23.1 Å². The molecule has 2 aromatic heterocycles. The second kappa shape index (κ2) is 6.15. The molecule has 0 aliphatic heterocycles. The molecule has 124 valence electrons. The molecule has 0 unspecified atom stereocenters. The van der Waals surface area contributed by atoms with Crippen LogP contribution in [0.1, 0.15) is 23.1 Å². The van der Waals surface area contributed by atoms with Crippen LogP contribution < -0.4 is 4.74 Å². The molecule has 0 atom stereocenters. The lowest BCUT2D eigenvalue weighted by Crippen LogP contribution is -2.04. The van der Waals surface area contributed by atoms with E-state index in [0.29, 0.717) is 0 Å². The minimum Gasteiger partial charge on any atom is -0.496 e. The summed E-state index contributed by atoms with van der Waals surface area (Å²) >= 11 is 0. The topological polar surface area (TPSA) is 44.9 Å². The molecule has 0 amide bonds. The van der Waals surface area contributed by atoms with E-state index in [9.17, 15) is 0 Å². The summed E-state index contributed by atoms with van der Waals surface area (Å²) in [6.07, 6.45) is 12.4. The number of fused-ring (bicyclic) bond motifs is 1. The van der Waals surface area contributed by atoms with E-state index >= 15 is 0 Å². The van der Waals surface area contributed by atoms with E-state index in [4.69, 9.17) is 4.74 Å². The highest BCUT2D eigenvalue weighted by Gasteiger charge is 2.18. The Balaban J connectivity index is 1.64. The molecular formula is C19H22N4O. The van der Waals surface area contributed by atoms with Gasteiger partial charge in [0.25, 0.3) is 0 Å². The minimum atomic E-state index is 0.876. The molecule has 0 saturated heterocycles. The van der Waals surface area contributed by atoms with Crippen molar-refractivity contribution in [2.24, 2.45) is 7.05 Å². The van der Waals surface area contributed by atoms with Gasteiger partial charge in [0.15, 0.2) is 0 Å². The Hall–Kier alpha value is -2.56. The first-order chi connectivity index (χ1) is 11.7. The van der Waals surface area contributed by atoms with Crippen molar-refractivity contribution in [2.75, 3.05) is 7.11 Å². The first-order valence-electron chi connectivity index (χ1n) is 8.43. The Bertz CT molecular complexity index is 862. The number of benzene rings is 1. The van der Waals surface area contributed by atoms with Gasteiger partial charge < -0.3 is 9.30 Å². The lowest BCUT2D eigenvalue weighted by Gasteiger charge is -2.13. The third-order valence-corrected chi connectivity index (χ3v) is 4.77. The van der Waals surface area contributed by atoms with Gasteiger partial charge in [-0.05, 0) is 54.5 Å². The molecule has 1 aliphatic rings. The number of imidazole rings is 1. The van der Waals surface area contributed by atoms with E-state index in [1.54, 1.807) is 7.11 Å². The first kappa shape index (κ1) is 15.0. The van der Waals surface area contributed by atoms with Gasteiger partial charge in [0.2, 0.25) is 0 Å². The van der Waals surface area contributed by atoms with Crippen LogP contribution in [0.2, 0.25) is 0 Å². The summed E-state index contributed by atoms with van der Waals surface area (Å²) in [6.45, 7) is 0.876. The minimum absolute atomic E-state index is 0.876. The summed E-state index contributed by atoms with van der Waals surface area (Å²) in [5, 5.41) is 4.24. The Morgan fingerprint density at radius 2 is 2.04 bits per heavy atom. The predicted molar refractivity (Wildman–Crippen MR) is 93.2 cm³/mol. The van der Waals surface area contributed by atoms with E-state index in [0.717, 1.165) is 42.9 Å². The van der Waals surface area contributed by atoms with Gasteiger partial charge in [0.05, 0.1) is 18.9 Å². The van der Waals surface area contributed by atoms with Crippen molar-refractivity contribution < 1.29 is 4.74 Å². The molecular weight excluding hydrogens is 300 g/mol. The number of methoxy groups -OCH3 is 1. The summed E-state index contributed by atoms with van der Waals surface area (Å²) < 4.78 is 9.69. The van der Waals surface area contributed by atoms with Crippen LogP contribution in [0.5, 0.6) is 5.75 Å². The average Bonchev–Trinajstić information content (AvgIpc) is 3.31. The van der Waals surface area contributed by atoms with Gasteiger partial charge >= 0.3 is 0 Å². The van der Waals surface area contributed by atoms with Gasteiger partial charge in [-0.25, -0.2) is 4.98 Å². The fraction of sp³-hybridized carbons (Fsp3) is 0.368. The fourth-order valence-corrected chi connectivity index (χ4v) is 3.53. The normalized spacial score (nSPS) is 13.2. The fourth-order valence-electron chi connectivity index (χ4n) is 3.53. The van der Waals surface area contributed by atoms with Crippen LogP contribution in [0.3, 0.4) is 0 Å². The number of aryl methyl sites for hydroxylation is 5. The first-order valence-corrected chi connectivity index (χ1v) is 8.43. The molecule has 0 fully saturated rings. The van der Waals surface area contributed by atoms with Gasteiger partial charge in [-0.2, -0.15) is 5.10 Å². The van der Waals surface area contributed by atoms with E-state index in [1.807, 2.05) is 30.3 Å². The van der Waals surface area contributed by atoms with Crippen molar-refractivity contribution in [3.8, 4) is 17.1 Å². The summed E-state index contributed by atoms with van der Waals surface area (Å²) in [5.74, 6) is 1.90. The van der Waals surface area contributed by atoms with Crippen LogP contribution in [-0.4, -0.2) is 26.4 Å². The summed E-state index contributed by atoms with van der Waals surface area (Å²) in [5.41, 5.74) is 5.18. The smallest absolute Gasteiger partial charge is 0.143 e. The quantitative estimate of drug-likeness (QED) is 0.725. The second-order valence-electron chi connectivity index (χ2n) is 6.39. The van der Waals surface area contributed by atoms with Gasteiger partial charge in [0, 0.05) is 32.2 Å². The molecule has 1 aliphatic carbocycles. The number of hydrogen-bond donors (Lipinski definition) is 0. The predicted octanol–water partition coefficient (Wildman–Crippen LogP) is 3.02. The van der Waals surface area contributed by atoms with Gasteiger partial charge in [0.1, 0.15) is 11.6 Å². The van der Waals surface area contributed by atoms with Crippen LogP contribution in [0.25, 0.3) is 11.4 Å². The Morgan fingerprint density at radius 3 is 2.79 bits per heavy atom. The summed E-state index contributed by atoms with van der Waals surface area (Å²) in [7, 11) is 3.69. The van der Waals surface area contributed by atoms with Crippen LogP contribution in [0, 0.1) is 0 Å². The molecule has 5 nitrogen and oxygen atoms in total. The molecule has 0 radical (unpaired) electrons. The molecule has 24 heavy (non-hydrogen) atoms. The number of aromatic nitrogens is 4. The van der Waals surface area contributed by atoms with Gasteiger partial charge in [-0.1, -0.05) is 0 Å². The number of hydrogen-bond acceptors (Lipinski definition) is 3. The molecule has 5 heteroatoms.